The van der Waals surface area contributed by atoms with Crippen molar-refractivity contribution in [1.29, 1.82) is 0 Å². The summed E-state index contributed by atoms with van der Waals surface area (Å²) >= 11 is 1.72. The fraction of sp³-hybridized carbons (Fsp3) is 0.444. The molecule has 1 aromatic carbocycles. The molecule has 7 nitrogen and oxygen atoms in total. The van der Waals surface area contributed by atoms with Gasteiger partial charge in [0.25, 0.3) is 0 Å². The van der Waals surface area contributed by atoms with Crippen LogP contribution in [0.4, 0.5) is 0 Å². The van der Waals surface area contributed by atoms with Gasteiger partial charge in [0, 0.05) is 50.7 Å². The third-order valence-corrected chi connectivity index (χ3v) is 5.88. The molecule has 1 atom stereocenters. The van der Waals surface area contributed by atoms with Gasteiger partial charge in [-0.25, -0.2) is 9.67 Å². The Morgan fingerprint density at radius 3 is 2.58 bits per heavy atom. The van der Waals surface area contributed by atoms with Gasteiger partial charge in [0.1, 0.15) is 5.01 Å². The van der Waals surface area contributed by atoms with Gasteiger partial charge < -0.3 is 0 Å². The molecule has 0 amide bonds. The summed E-state index contributed by atoms with van der Waals surface area (Å²) in [7, 11) is 1.90. The van der Waals surface area contributed by atoms with E-state index in [4.69, 9.17) is 4.98 Å². The largest absolute Gasteiger partial charge is 0.295 e. The summed E-state index contributed by atoms with van der Waals surface area (Å²) in [6.45, 7) is 7.19. The molecule has 136 valence electrons. The van der Waals surface area contributed by atoms with Crippen LogP contribution < -0.4 is 0 Å². The number of thiazole rings is 1. The second kappa shape index (κ2) is 7.61. The predicted octanol–water partition coefficient (Wildman–Crippen LogP) is 2.21. The van der Waals surface area contributed by atoms with E-state index in [-0.39, 0.29) is 6.04 Å². The van der Waals surface area contributed by atoms with Gasteiger partial charge >= 0.3 is 0 Å². The molecule has 0 bridgehead atoms. The van der Waals surface area contributed by atoms with Crippen molar-refractivity contribution in [2.75, 3.05) is 26.2 Å². The lowest BCUT2D eigenvalue weighted by Crippen LogP contribution is -2.47. The Labute approximate surface area is 157 Å². The minimum Gasteiger partial charge on any atom is -0.295 e. The summed E-state index contributed by atoms with van der Waals surface area (Å²) in [4.78, 5) is 9.73. The highest BCUT2D eigenvalue weighted by molar-refractivity contribution is 7.13. The van der Waals surface area contributed by atoms with E-state index in [2.05, 4.69) is 61.9 Å². The van der Waals surface area contributed by atoms with Crippen LogP contribution in [0.1, 0.15) is 24.5 Å². The molecule has 1 saturated heterocycles. The highest BCUT2D eigenvalue weighted by Crippen LogP contribution is 2.24. The van der Waals surface area contributed by atoms with Gasteiger partial charge in [-0.1, -0.05) is 30.3 Å². The smallest absolute Gasteiger partial charge is 0.167 e. The van der Waals surface area contributed by atoms with E-state index in [0.717, 1.165) is 49.2 Å². The van der Waals surface area contributed by atoms with Gasteiger partial charge in [0.05, 0.1) is 11.7 Å². The molecule has 0 spiro atoms. The minimum atomic E-state index is 0.237. The second-order valence-corrected chi connectivity index (χ2v) is 7.52. The average Bonchev–Trinajstić information content (AvgIpc) is 3.32. The summed E-state index contributed by atoms with van der Waals surface area (Å²) < 4.78 is 1.76. The number of hydrogen-bond donors (Lipinski definition) is 0. The summed E-state index contributed by atoms with van der Waals surface area (Å²) in [5.41, 5.74) is 2.35. The number of rotatable bonds is 5. The Kier molecular flexibility index (Phi) is 5.05. The first-order chi connectivity index (χ1) is 12.7. The monoisotopic (exact) mass is 369 g/mol. The van der Waals surface area contributed by atoms with E-state index in [1.165, 1.54) is 5.56 Å². The lowest BCUT2D eigenvalue weighted by Gasteiger charge is -2.37. The molecule has 26 heavy (non-hydrogen) atoms. The highest BCUT2D eigenvalue weighted by atomic mass is 32.1. The molecule has 1 aliphatic heterocycles. The van der Waals surface area contributed by atoms with Gasteiger partial charge in [0.15, 0.2) is 5.82 Å². The number of aryl methyl sites for hydroxylation is 1. The standard InChI is InChI=1S/C18H23N7S/c1-14(17-20-21-22-23(17)2)25-10-8-24(9-11-25)12-16-13-26-18(19-16)15-6-4-3-5-7-15/h3-7,13-14H,8-12H2,1-2H3/t14-/m1/s1. The first-order valence-electron chi connectivity index (χ1n) is 8.89. The molecule has 0 radical (unpaired) electrons. The van der Waals surface area contributed by atoms with Gasteiger partial charge in [0.2, 0.25) is 0 Å². The first kappa shape index (κ1) is 17.3. The third-order valence-electron chi connectivity index (χ3n) is 4.94. The molecule has 1 aliphatic rings. The van der Waals surface area contributed by atoms with Crippen molar-refractivity contribution in [2.24, 2.45) is 7.05 Å². The van der Waals surface area contributed by atoms with Crippen LogP contribution in [-0.2, 0) is 13.6 Å². The van der Waals surface area contributed by atoms with Crippen LogP contribution in [-0.4, -0.2) is 61.2 Å². The van der Waals surface area contributed by atoms with Gasteiger partial charge in [-0.3, -0.25) is 9.80 Å². The molecule has 3 aromatic rings. The van der Waals surface area contributed by atoms with Crippen molar-refractivity contribution in [1.82, 2.24) is 35.0 Å². The zero-order valence-corrected chi connectivity index (χ0v) is 15.9. The molecule has 1 fully saturated rings. The molecule has 0 saturated carbocycles. The topological polar surface area (TPSA) is 63.0 Å². The van der Waals surface area contributed by atoms with Gasteiger partial charge in [-0.15, -0.1) is 16.4 Å². The lowest BCUT2D eigenvalue weighted by molar-refractivity contribution is 0.0927. The average molecular weight is 369 g/mol. The normalized spacial score (nSPS) is 17.5. The molecule has 0 aliphatic carbocycles. The Morgan fingerprint density at radius 1 is 1.12 bits per heavy atom. The summed E-state index contributed by atoms with van der Waals surface area (Å²) in [5.74, 6) is 0.922. The number of nitrogens with zero attached hydrogens (tertiary/aromatic N) is 7. The van der Waals surface area contributed by atoms with Crippen LogP contribution in [0.5, 0.6) is 0 Å². The fourth-order valence-electron chi connectivity index (χ4n) is 3.38. The maximum atomic E-state index is 4.81. The highest BCUT2D eigenvalue weighted by Gasteiger charge is 2.25. The number of hydrogen-bond acceptors (Lipinski definition) is 7. The number of aromatic nitrogens is 5. The van der Waals surface area contributed by atoms with Crippen molar-refractivity contribution in [3.8, 4) is 10.6 Å². The summed E-state index contributed by atoms with van der Waals surface area (Å²) in [6, 6.07) is 10.6. The molecule has 8 heteroatoms. The third kappa shape index (κ3) is 3.67. The maximum Gasteiger partial charge on any atom is 0.167 e. The van der Waals surface area contributed by atoms with E-state index >= 15 is 0 Å². The Hall–Kier alpha value is -2.16. The minimum absolute atomic E-state index is 0.237. The summed E-state index contributed by atoms with van der Waals surface area (Å²) in [5, 5.41) is 15.1. The van der Waals surface area contributed by atoms with Crippen LogP contribution in [0.15, 0.2) is 35.7 Å². The Balaban J connectivity index is 1.33. The number of piperazine rings is 1. The van der Waals surface area contributed by atoms with Crippen molar-refractivity contribution >= 4 is 11.3 Å². The first-order valence-corrected chi connectivity index (χ1v) is 9.77. The second-order valence-electron chi connectivity index (χ2n) is 6.66. The molecule has 3 heterocycles. The SMILES string of the molecule is C[C@H](c1nnnn1C)N1CCN(Cc2csc(-c3ccccc3)n2)CC1. The van der Waals surface area contributed by atoms with Crippen molar-refractivity contribution in [3.05, 3.63) is 47.2 Å². The van der Waals surface area contributed by atoms with E-state index in [1.807, 2.05) is 13.1 Å². The molecule has 4 rings (SSSR count). The van der Waals surface area contributed by atoms with Crippen molar-refractivity contribution in [3.63, 3.8) is 0 Å². The Morgan fingerprint density at radius 2 is 1.88 bits per heavy atom. The quantitative estimate of drug-likeness (QED) is 0.687. The molecule has 0 unspecified atom stereocenters. The molecule has 0 N–H and O–H groups in total. The van der Waals surface area contributed by atoms with Crippen LogP contribution in [0.3, 0.4) is 0 Å². The van der Waals surface area contributed by atoms with Gasteiger partial charge in [-0.2, -0.15) is 0 Å². The van der Waals surface area contributed by atoms with Crippen LogP contribution >= 0.6 is 11.3 Å². The molecular weight excluding hydrogens is 346 g/mol. The van der Waals surface area contributed by atoms with E-state index < -0.39 is 0 Å². The summed E-state index contributed by atoms with van der Waals surface area (Å²) in [6.07, 6.45) is 0. The van der Waals surface area contributed by atoms with Crippen molar-refractivity contribution < 1.29 is 0 Å². The molecular formula is C18H23N7S. The number of tetrazole rings is 1. The number of benzene rings is 1. The van der Waals surface area contributed by atoms with E-state index in [1.54, 1.807) is 16.0 Å². The molecule has 2 aromatic heterocycles. The van der Waals surface area contributed by atoms with E-state index in [0.29, 0.717) is 0 Å². The fourth-order valence-corrected chi connectivity index (χ4v) is 4.20. The van der Waals surface area contributed by atoms with Crippen LogP contribution in [0.2, 0.25) is 0 Å². The van der Waals surface area contributed by atoms with Gasteiger partial charge in [-0.05, 0) is 17.4 Å². The predicted molar refractivity (Wildman–Crippen MR) is 102 cm³/mol. The maximum absolute atomic E-state index is 4.81. The van der Waals surface area contributed by atoms with Crippen LogP contribution in [0.25, 0.3) is 10.6 Å². The Bertz CT molecular complexity index is 836. The van der Waals surface area contributed by atoms with E-state index in [9.17, 15) is 0 Å². The lowest BCUT2D eigenvalue weighted by atomic mass is 10.2. The van der Waals surface area contributed by atoms with Crippen molar-refractivity contribution in [2.45, 2.75) is 19.5 Å². The zero-order valence-electron chi connectivity index (χ0n) is 15.1. The zero-order chi connectivity index (χ0) is 17.9. The van der Waals surface area contributed by atoms with Crippen LogP contribution in [0, 0.1) is 0 Å².